The molecule has 0 unspecified atom stereocenters. The summed E-state index contributed by atoms with van der Waals surface area (Å²) in [5, 5.41) is 12.7. The average molecular weight is 292 g/mol. The molecule has 4 nitrogen and oxygen atoms in total. The number of anilines is 1. The van der Waals surface area contributed by atoms with Gasteiger partial charge in [-0.15, -0.1) is 0 Å². The number of benzene rings is 1. The number of fused-ring (bicyclic) bond motifs is 2. The van der Waals surface area contributed by atoms with Gasteiger partial charge in [0.05, 0.1) is 11.8 Å². The number of allylic oxidation sites excluding steroid dienone is 2. The van der Waals surface area contributed by atoms with E-state index in [-0.39, 0.29) is 17.7 Å². The molecular formula is C15H14ClNO3. The van der Waals surface area contributed by atoms with Gasteiger partial charge in [-0.3, -0.25) is 9.59 Å². The summed E-state index contributed by atoms with van der Waals surface area (Å²) in [6.07, 6.45) is 4.65. The molecule has 0 saturated heterocycles. The van der Waals surface area contributed by atoms with Crippen LogP contribution in [-0.4, -0.2) is 17.0 Å². The lowest BCUT2D eigenvalue weighted by atomic mass is 9.82. The van der Waals surface area contributed by atoms with E-state index in [9.17, 15) is 14.7 Å². The Labute approximate surface area is 121 Å². The van der Waals surface area contributed by atoms with E-state index in [2.05, 4.69) is 5.32 Å². The predicted molar refractivity (Wildman–Crippen MR) is 75.4 cm³/mol. The Kier molecular flexibility index (Phi) is 3.26. The number of carboxylic acid groups (broad SMARTS) is 1. The van der Waals surface area contributed by atoms with E-state index in [1.54, 1.807) is 24.3 Å². The zero-order valence-corrected chi connectivity index (χ0v) is 11.4. The van der Waals surface area contributed by atoms with Gasteiger partial charge in [-0.05, 0) is 42.5 Å². The minimum atomic E-state index is -0.891. The molecule has 1 aromatic carbocycles. The molecule has 3 rings (SSSR count). The summed E-state index contributed by atoms with van der Waals surface area (Å²) in [6.45, 7) is 0. The number of carboxylic acids is 1. The van der Waals surface area contributed by atoms with Gasteiger partial charge in [-0.25, -0.2) is 0 Å². The molecule has 5 heteroatoms. The number of hydrogen-bond acceptors (Lipinski definition) is 2. The number of carbonyl (C=O) groups is 2. The zero-order valence-electron chi connectivity index (χ0n) is 10.6. The standard InChI is InChI=1S/C15H14ClNO3/c16-10-3-5-11(6-4-10)17-14(18)12-8-1-2-9(7-8)13(12)15(19)20/h1-6,8-9,12-13H,7H2,(H,17,18)(H,19,20)/t8-,9+,12-,13+/m0/s1. The van der Waals surface area contributed by atoms with Gasteiger partial charge in [-0.1, -0.05) is 23.8 Å². The van der Waals surface area contributed by atoms with E-state index < -0.39 is 17.8 Å². The normalized spacial score (nSPS) is 30.4. The Bertz CT molecular complexity index is 581. The minimum absolute atomic E-state index is 0.0153. The van der Waals surface area contributed by atoms with Crippen molar-refractivity contribution in [2.24, 2.45) is 23.7 Å². The lowest BCUT2D eigenvalue weighted by Crippen LogP contribution is -2.36. The highest BCUT2D eigenvalue weighted by Crippen LogP contribution is 2.48. The van der Waals surface area contributed by atoms with Crippen LogP contribution in [0.1, 0.15) is 6.42 Å². The predicted octanol–water partition coefficient (Wildman–Crippen LogP) is 2.80. The molecule has 1 amide bonds. The molecule has 2 aliphatic carbocycles. The maximum absolute atomic E-state index is 12.4. The van der Waals surface area contributed by atoms with Crippen molar-refractivity contribution in [1.82, 2.24) is 0 Å². The first-order valence-corrected chi connectivity index (χ1v) is 6.91. The largest absolute Gasteiger partial charge is 0.481 e. The van der Waals surface area contributed by atoms with Crippen LogP contribution in [0.4, 0.5) is 5.69 Å². The monoisotopic (exact) mass is 291 g/mol. The maximum Gasteiger partial charge on any atom is 0.307 e. The van der Waals surface area contributed by atoms with Crippen LogP contribution in [0.5, 0.6) is 0 Å². The minimum Gasteiger partial charge on any atom is -0.481 e. The van der Waals surface area contributed by atoms with Crippen molar-refractivity contribution >= 4 is 29.2 Å². The van der Waals surface area contributed by atoms with Crippen LogP contribution in [0.3, 0.4) is 0 Å². The maximum atomic E-state index is 12.4. The third kappa shape index (κ3) is 2.20. The van der Waals surface area contributed by atoms with Gasteiger partial charge in [0.2, 0.25) is 5.91 Å². The highest BCUT2D eigenvalue weighted by Gasteiger charge is 2.51. The first-order chi connectivity index (χ1) is 9.56. The lowest BCUT2D eigenvalue weighted by Gasteiger charge is -2.23. The molecule has 1 fully saturated rings. The first kappa shape index (κ1) is 13.2. The van der Waals surface area contributed by atoms with Crippen LogP contribution < -0.4 is 5.32 Å². The van der Waals surface area contributed by atoms with Gasteiger partial charge in [0.15, 0.2) is 0 Å². The molecule has 0 radical (unpaired) electrons. The molecule has 20 heavy (non-hydrogen) atoms. The van der Waals surface area contributed by atoms with Crippen molar-refractivity contribution in [3.63, 3.8) is 0 Å². The number of rotatable bonds is 3. The van der Waals surface area contributed by atoms with Gasteiger partial charge in [-0.2, -0.15) is 0 Å². The fraction of sp³-hybridized carbons (Fsp3) is 0.333. The molecule has 0 spiro atoms. The highest BCUT2D eigenvalue weighted by atomic mass is 35.5. The molecule has 0 heterocycles. The number of hydrogen-bond donors (Lipinski definition) is 2. The molecule has 104 valence electrons. The number of halogens is 1. The molecule has 2 N–H and O–H groups in total. The van der Waals surface area contributed by atoms with Crippen LogP contribution in [0.25, 0.3) is 0 Å². The van der Waals surface area contributed by atoms with Gasteiger partial charge in [0.1, 0.15) is 0 Å². The summed E-state index contributed by atoms with van der Waals surface area (Å²) >= 11 is 5.79. The third-order valence-electron chi connectivity index (χ3n) is 4.16. The van der Waals surface area contributed by atoms with Crippen molar-refractivity contribution in [3.8, 4) is 0 Å². The second-order valence-corrected chi connectivity index (χ2v) is 5.77. The van der Waals surface area contributed by atoms with E-state index >= 15 is 0 Å². The van der Waals surface area contributed by atoms with E-state index in [0.717, 1.165) is 6.42 Å². The smallest absolute Gasteiger partial charge is 0.307 e. The van der Waals surface area contributed by atoms with Gasteiger partial charge in [0, 0.05) is 10.7 Å². The molecule has 0 aliphatic heterocycles. The summed E-state index contributed by atoms with van der Waals surface area (Å²) < 4.78 is 0. The van der Waals surface area contributed by atoms with Crippen LogP contribution in [-0.2, 0) is 9.59 Å². The third-order valence-corrected chi connectivity index (χ3v) is 4.41. The van der Waals surface area contributed by atoms with Gasteiger partial charge < -0.3 is 10.4 Å². The Morgan fingerprint density at radius 1 is 1.10 bits per heavy atom. The molecule has 1 saturated carbocycles. The van der Waals surface area contributed by atoms with Crippen molar-refractivity contribution in [1.29, 1.82) is 0 Å². The molecular weight excluding hydrogens is 278 g/mol. The molecule has 2 bridgehead atoms. The summed E-state index contributed by atoms with van der Waals surface area (Å²) in [5.74, 6) is -2.20. The van der Waals surface area contributed by atoms with Crippen LogP contribution in [0, 0.1) is 23.7 Å². The van der Waals surface area contributed by atoms with Gasteiger partial charge >= 0.3 is 5.97 Å². The SMILES string of the molecule is O=C(Nc1ccc(Cl)cc1)[C@@H]1[C@H](C(=O)O)[C@@H]2C=C[C@H]1C2. The number of carbonyl (C=O) groups excluding carboxylic acids is 1. The number of amides is 1. The Balaban J connectivity index is 1.78. The zero-order chi connectivity index (χ0) is 14.3. The quantitative estimate of drug-likeness (QED) is 0.842. The first-order valence-electron chi connectivity index (χ1n) is 6.54. The average Bonchev–Trinajstić information content (AvgIpc) is 3.01. The second kappa shape index (κ2) is 4.94. The fourth-order valence-electron chi connectivity index (χ4n) is 3.28. The van der Waals surface area contributed by atoms with Crippen LogP contribution in [0.2, 0.25) is 5.02 Å². The van der Waals surface area contributed by atoms with Gasteiger partial charge in [0.25, 0.3) is 0 Å². The van der Waals surface area contributed by atoms with Crippen molar-refractivity contribution < 1.29 is 14.7 Å². The van der Waals surface area contributed by atoms with Crippen molar-refractivity contribution in [2.45, 2.75) is 6.42 Å². The van der Waals surface area contributed by atoms with E-state index in [1.165, 1.54) is 0 Å². The topological polar surface area (TPSA) is 66.4 Å². The molecule has 2 aliphatic rings. The highest BCUT2D eigenvalue weighted by molar-refractivity contribution is 6.30. The van der Waals surface area contributed by atoms with E-state index in [4.69, 9.17) is 11.6 Å². The van der Waals surface area contributed by atoms with Crippen LogP contribution in [0.15, 0.2) is 36.4 Å². The van der Waals surface area contributed by atoms with Crippen molar-refractivity contribution in [2.75, 3.05) is 5.32 Å². The van der Waals surface area contributed by atoms with Crippen LogP contribution >= 0.6 is 11.6 Å². The van der Waals surface area contributed by atoms with E-state index in [1.807, 2.05) is 12.2 Å². The number of nitrogens with one attached hydrogen (secondary N) is 1. The lowest BCUT2D eigenvalue weighted by molar-refractivity contribution is -0.146. The molecule has 1 aromatic rings. The number of aliphatic carboxylic acids is 1. The summed E-state index contributed by atoms with van der Waals surface area (Å²) in [6, 6.07) is 6.79. The Hall–Kier alpha value is -1.81. The summed E-state index contributed by atoms with van der Waals surface area (Å²) in [5.41, 5.74) is 0.635. The second-order valence-electron chi connectivity index (χ2n) is 5.33. The van der Waals surface area contributed by atoms with E-state index in [0.29, 0.717) is 10.7 Å². The fourth-order valence-corrected chi connectivity index (χ4v) is 3.40. The summed E-state index contributed by atoms with van der Waals surface area (Å²) in [4.78, 5) is 23.7. The Morgan fingerprint density at radius 2 is 1.70 bits per heavy atom. The Morgan fingerprint density at radius 3 is 2.30 bits per heavy atom. The molecule has 4 atom stereocenters. The van der Waals surface area contributed by atoms with Crippen molar-refractivity contribution in [3.05, 3.63) is 41.4 Å². The summed E-state index contributed by atoms with van der Waals surface area (Å²) in [7, 11) is 0. The molecule has 0 aromatic heterocycles.